The van der Waals surface area contributed by atoms with Crippen LogP contribution in [-0.2, 0) is 0 Å². The molecule has 0 aliphatic heterocycles. The van der Waals surface area contributed by atoms with Crippen molar-refractivity contribution in [2.75, 3.05) is 11.9 Å². The number of nitrogens with zero attached hydrogens (tertiary/aromatic N) is 1. The molecule has 0 aliphatic carbocycles. The summed E-state index contributed by atoms with van der Waals surface area (Å²) in [7, 11) is 0. The molecule has 0 amide bonds. The molecule has 2 aromatic rings. The van der Waals surface area contributed by atoms with Crippen molar-refractivity contribution in [1.82, 2.24) is 4.98 Å². The van der Waals surface area contributed by atoms with Crippen LogP contribution in [-0.4, -0.2) is 11.5 Å². The second kappa shape index (κ2) is 5.43. The number of hydrogen-bond acceptors (Lipinski definition) is 3. The predicted molar refractivity (Wildman–Crippen MR) is 70.7 cm³/mol. The van der Waals surface area contributed by atoms with E-state index in [0.29, 0.717) is 21.6 Å². The lowest BCUT2D eigenvalue weighted by Crippen LogP contribution is -2.03. The maximum atomic E-state index is 6.11. The van der Waals surface area contributed by atoms with E-state index in [1.807, 2.05) is 6.07 Å². The zero-order valence-electron chi connectivity index (χ0n) is 9.34. The van der Waals surface area contributed by atoms with Gasteiger partial charge < -0.3 is 9.73 Å². The Balaban J connectivity index is 2.39. The smallest absolute Gasteiger partial charge is 0.145 e. The number of furan rings is 1. The van der Waals surface area contributed by atoms with Gasteiger partial charge in [0.25, 0.3) is 0 Å². The highest BCUT2D eigenvalue weighted by atomic mass is 35.5. The van der Waals surface area contributed by atoms with E-state index in [9.17, 15) is 0 Å². The molecule has 0 saturated heterocycles. The number of hydrogen-bond donors (Lipinski definition) is 1. The summed E-state index contributed by atoms with van der Waals surface area (Å²) < 4.78 is 5.02. The van der Waals surface area contributed by atoms with Crippen LogP contribution >= 0.6 is 23.2 Å². The Kier molecular flexibility index (Phi) is 3.92. The molecule has 17 heavy (non-hydrogen) atoms. The Labute approximate surface area is 110 Å². The summed E-state index contributed by atoms with van der Waals surface area (Å²) in [4.78, 5) is 4.42. The van der Waals surface area contributed by atoms with Crippen molar-refractivity contribution in [2.45, 2.75) is 13.3 Å². The molecular formula is C12H12Cl2N2O. The van der Waals surface area contributed by atoms with Crippen LogP contribution in [0.25, 0.3) is 11.3 Å². The van der Waals surface area contributed by atoms with Crippen molar-refractivity contribution in [2.24, 2.45) is 0 Å². The topological polar surface area (TPSA) is 38.1 Å². The van der Waals surface area contributed by atoms with Gasteiger partial charge in [-0.3, -0.25) is 0 Å². The predicted octanol–water partition coefficient (Wildman–Crippen LogP) is 4.47. The van der Waals surface area contributed by atoms with E-state index in [0.717, 1.165) is 18.5 Å². The summed E-state index contributed by atoms with van der Waals surface area (Å²) in [5.74, 6) is 0.647. The van der Waals surface area contributed by atoms with Gasteiger partial charge >= 0.3 is 0 Å². The Morgan fingerprint density at radius 3 is 2.82 bits per heavy atom. The van der Waals surface area contributed by atoms with Gasteiger partial charge in [-0.25, -0.2) is 4.98 Å². The second-order valence-corrected chi connectivity index (χ2v) is 4.40. The van der Waals surface area contributed by atoms with Gasteiger partial charge in [-0.1, -0.05) is 30.1 Å². The van der Waals surface area contributed by atoms with E-state index in [4.69, 9.17) is 27.6 Å². The van der Waals surface area contributed by atoms with Gasteiger partial charge in [0, 0.05) is 12.1 Å². The van der Waals surface area contributed by atoms with Crippen molar-refractivity contribution in [3.05, 3.63) is 34.7 Å². The van der Waals surface area contributed by atoms with Crippen molar-refractivity contribution < 1.29 is 4.42 Å². The molecule has 5 heteroatoms. The number of aromatic nitrogens is 1. The highest BCUT2D eigenvalue weighted by molar-refractivity contribution is 6.37. The minimum atomic E-state index is 0.512. The largest absolute Gasteiger partial charge is 0.472 e. The van der Waals surface area contributed by atoms with Crippen molar-refractivity contribution in [3.63, 3.8) is 0 Å². The van der Waals surface area contributed by atoms with Crippen LogP contribution in [0, 0.1) is 0 Å². The number of pyridine rings is 1. The van der Waals surface area contributed by atoms with E-state index >= 15 is 0 Å². The molecule has 90 valence electrons. The molecule has 0 saturated carbocycles. The zero-order valence-corrected chi connectivity index (χ0v) is 10.8. The maximum absolute atomic E-state index is 6.11. The van der Waals surface area contributed by atoms with Gasteiger partial charge in [0.2, 0.25) is 0 Å². The number of rotatable bonds is 4. The third-order valence-corrected chi connectivity index (χ3v) is 2.84. The molecule has 3 nitrogen and oxygen atoms in total. The average Bonchev–Trinajstić information content (AvgIpc) is 2.81. The van der Waals surface area contributed by atoms with Crippen molar-refractivity contribution in [1.29, 1.82) is 0 Å². The first kappa shape index (κ1) is 12.3. The van der Waals surface area contributed by atoms with Crippen molar-refractivity contribution >= 4 is 29.0 Å². The minimum absolute atomic E-state index is 0.512. The number of nitrogens with one attached hydrogen (secondary N) is 1. The Morgan fingerprint density at radius 2 is 2.18 bits per heavy atom. The molecule has 2 rings (SSSR count). The average molecular weight is 271 g/mol. The van der Waals surface area contributed by atoms with E-state index in [-0.39, 0.29) is 0 Å². The Hall–Kier alpha value is -1.19. The van der Waals surface area contributed by atoms with Crippen LogP contribution in [0.2, 0.25) is 10.0 Å². The fraction of sp³-hybridized carbons (Fsp3) is 0.250. The van der Waals surface area contributed by atoms with Crippen LogP contribution < -0.4 is 5.32 Å². The van der Waals surface area contributed by atoms with Gasteiger partial charge in [0.1, 0.15) is 5.82 Å². The van der Waals surface area contributed by atoms with Crippen LogP contribution in [0.15, 0.2) is 29.1 Å². The van der Waals surface area contributed by atoms with E-state index in [1.165, 1.54) is 0 Å². The fourth-order valence-corrected chi connectivity index (χ4v) is 1.97. The first-order valence-electron chi connectivity index (χ1n) is 5.35. The quantitative estimate of drug-likeness (QED) is 0.891. The number of anilines is 1. The van der Waals surface area contributed by atoms with Crippen LogP contribution in [0.3, 0.4) is 0 Å². The molecular weight excluding hydrogens is 259 g/mol. The molecule has 0 unspecified atom stereocenters. The van der Waals surface area contributed by atoms with Crippen LogP contribution in [0.5, 0.6) is 0 Å². The standard InChI is InChI=1S/C12H12Cl2N2O/c1-2-4-15-12-10(14)6-9(13)11(16-12)8-3-5-17-7-8/h3,5-7H,2,4H2,1H3,(H,15,16). The normalized spacial score (nSPS) is 10.5. The molecule has 2 heterocycles. The monoisotopic (exact) mass is 270 g/mol. The molecule has 0 aromatic carbocycles. The van der Waals surface area contributed by atoms with E-state index < -0.39 is 0 Å². The summed E-state index contributed by atoms with van der Waals surface area (Å²) in [6, 6.07) is 3.50. The number of halogens is 2. The Morgan fingerprint density at radius 1 is 1.35 bits per heavy atom. The molecule has 0 bridgehead atoms. The summed E-state index contributed by atoms with van der Waals surface area (Å²) in [5, 5.41) is 4.20. The lowest BCUT2D eigenvalue weighted by Gasteiger charge is -2.09. The van der Waals surface area contributed by atoms with Gasteiger partial charge in [-0.05, 0) is 18.6 Å². The van der Waals surface area contributed by atoms with E-state index in [1.54, 1.807) is 18.6 Å². The minimum Gasteiger partial charge on any atom is -0.472 e. The third kappa shape index (κ3) is 2.73. The molecule has 0 radical (unpaired) electrons. The summed E-state index contributed by atoms with van der Waals surface area (Å²) >= 11 is 12.2. The van der Waals surface area contributed by atoms with Gasteiger partial charge in [0.15, 0.2) is 0 Å². The highest BCUT2D eigenvalue weighted by Gasteiger charge is 2.11. The fourth-order valence-electron chi connectivity index (χ4n) is 1.44. The van der Waals surface area contributed by atoms with Gasteiger partial charge in [-0.15, -0.1) is 0 Å². The lowest BCUT2D eigenvalue weighted by atomic mass is 10.2. The summed E-state index contributed by atoms with van der Waals surface area (Å²) in [6.45, 7) is 2.90. The van der Waals surface area contributed by atoms with Crippen molar-refractivity contribution in [3.8, 4) is 11.3 Å². The Bertz CT molecular complexity index is 497. The first-order valence-corrected chi connectivity index (χ1v) is 6.10. The molecule has 1 N–H and O–H groups in total. The molecule has 0 atom stereocenters. The third-order valence-electron chi connectivity index (χ3n) is 2.27. The van der Waals surface area contributed by atoms with Crippen LogP contribution in [0.4, 0.5) is 5.82 Å². The molecule has 0 fully saturated rings. The maximum Gasteiger partial charge on any atom is 0.145 e. The summed E-state index contributed by atoms with van der Waals surface area (Å²) in [6.07, 6.45) is 4.19. The SMILES string of the molecule is CCCNc1nc(-c2ccoc2)c(Cl)cc1Cl. The highest BCUT2D eigenvalue weighted by Crippen LogP contribution is 2.32. The zero-order chi connectivity index (χ0) is 12.3. The summed E-state index contributed by atoms with van der Waals surface area (Å²) in [5.41, 5.74) is 1.51. The molecule has 2 aromatic heterocycles. The molecule has 0 spiro atoms. The lowest BCUT2D eigenvalue weighted by molar-refractivity contribution is 0.568. The second-order valence-electron chi connectivity index (χ2n) is 3.59. The van der Waals surface area contributed by atoms with Crippen LogP contribution in [0.1, 0.15) is 13.3 Å². The molecule has 0 aliphatic rings. The van der Waals surface area contributed by atoms with Gasteiger partial charge in [0.05, 0.1) is 28.3 Å². The van der Waals surface area contributed by atoms with Gasteiger partial charge in [-0.2, -0.15) is 0 Å². The van der Waals surface area contributed by atoms with E-state index in [2.05, 4.69) is 17.2 Å². The first-order chi connectivity index (χ1) is 8.22.